The van der Waals surface area contributed by atoms with Gasteiger partial charge in [-0.25, -0.2) is 0 Å². The fourth-order valence-electron chi connectivity index (χ4n) is 2.53. The van der Waals surface area contributed by atoms with E-state index in [0.29, 0.717) is 0 Å². The number of rotatable bonds is 4. The third-order valence-corrected chi connectivity index (χ3v) is 3.45. The topological polar surface area (TPSA) is 28.4 Å². The Morgan fingerprint density at radius 2 is 1.80 bits per heavy atom. The zero-order valence-electron chi connectivity index (χ0n) is 13.7. The fraction of sp³-hybridized carbons (Fsp3) is 0.529. The Kier molecular flexibility index (Phi) is 6.24. The van der Waals surface area contributed by atoms with Crippen molar-refractivity contribution in [3.8, 4) is 0 Å². The Hall–Kier alpha value is -1.32. The second kappa shape index (κ2) is 7.46. The molecule has 1 aromatic carbocycles. The Bertz CT molecular complexity index is 556. The van der Waals surface area contributed by atoms with Gasteiger partial charge in [0.1, 0.15) is 6.73 Å². The SMILES string of the molecule is CC.CCc1cc2c(cc1C)cc(CN(C)C)n2CO. The van der Waals surface area contributed by atoms with Crippen LogP contribution in [0.2, 0.25) is 0 Å². The summed E-state index contributed by atoms with van der Waals surface area (Å²) < 4.78 is 1.99. The Labute approximate surface area is 122 Å². The van der Waals surface area contributed by atoms with Crippen molar-refractivity contribution >= 4 is 10.9 Å². The first-order valence-corrected chi connectivity index (χ1v) is 7.44. The van der Waals surface area contributed by atoms with E-state index in [-0.39, 0.29) is 6.73 Å². The standard InChI is InChI=1S/C15H22N2O.C2H6/c1-5-12-8-15-13(6-11(12)2)7-14(9-16(3)4)17(15)10-18;1-2/h6-8,18H,5,9-10H2,1-4H3;1-2H3. The van der Waals surface area contributed by atoms with E-state index in [0.717, 1.165) is 24.2 Å². The average molecular weight is 276 g/mol. The van der Waals surface area contributed by atoms with Crippen LogP contribution < -0.4 is 0 Å². The lowest BCUT2D eigenvalue weighted by molar-refractivity contribution is 0.208. The quantitative estimate of drug-likeness (QED) is 0.925. The van der Waals surface area contributed by atoms with Gasteiger partial charge in [0.2, 0.25) is 0 Å². The van der Waals surface area contributed by atoms with Crippen LogP contribution in [0.1, 0.15) is 37.6 Å². The first-order valence-electron chi connectivity index (χ1n) is 7.44. The van der Waals surface area contributed by atoms with Gasteiger partial charge in [0.25, 0.3) is 0 Å². The molecule has 112 valence electrons. The molecule has 0 aliphatic heterocycles. The van der Waals surface area contributed by atoms with Crippen LogP contribution >= 0.6 is 0 Å². The van der Waals surface area contributed by atoms with Crippen molar-refractivity contribution < 1.29 is 5.11 Å². The molecule has 0 atom stereocenters. The van der Waals surface area contributed by atoms with Crippen LogP contribution in [0, 0.1) is 6.92 Å². The molecule has 0 aliphatic carbocycles. The van der Waals surface area contributed by atoms with Gasteiger partial charge in [0, 0.05) is 17.6 Å². The minimum absolute atomic E-state index is 0.0406. The number of aryl methyl sites for hydroxylation is 2. The van der Waals surface area contributed by atoms with Crippen molar-refractivity contribution in [2.75, 3.05) is 14.1 Å². The number of aromatic nitrogens is 1. The summed E-state index contributed by atoms with van der Waals surface area (Å²) in [6, 6.07) is 6.61. The molecule has 1 aromatic heterocycles. The molecule has 3 heteroatoms. The Balaban J connectivity index is 0.000000956. The highest BCUT2D eigenvalue weighted by molar-refractivity contribution is 5.83. The van der Waals surface area contributed by atoms with E-state index in [1.54, 1.807) is 0 Å². The van der Waals surface area contributed by atoms with Gasteiger partial charge in [-0.2, -0.15) is 0 Å². The highest BCUT2D eigenvalue weighted by Crippen LogP contribution is 2.24. The first-order chi connectivity index (χ1) is 9.56. The maximum atomic E-state index is 9.60. The predicted molar refractivity (Wildman–Crippen MR) is 87.0 cm³/mol. The summed E-state index contributed by atoms with van der Waals surface area (Å²) in [4.78, 5) is 2.12. The van der Waals surface area contributed by atoms with Gasteiger partial charge in [-0.15, -0.1) is 0 Å². The fourth-order valence-corrected chi connectivity index (χ4v) is 2.53. The van der Waals surface area contributed by atoms with Crippen LogP contribution in [0.15, 0.2) is 18.2 Å². The summed E-state index contributed by atoms with van der Waals surface area (Å²) in [5.41, 5.74) is 4.98. The summed E-state index contributed by atoms with van der Waals surface area (Å²) in [6.45, 7) is 9.20. The molecule has 0 fully saturated rings. The second-order valence-electron chi connectivity index (χ2n) is 5.13. The van der Waals surface area contributed by atoms with Crippen LogP contribution in [0.5, 0.6) is 0 Å². The van der Waals surface area contributed by atoms with E-state index in [2.05, 4.69) is 36.9 Å². The summed E-state index contributed by atoms with van der Waals surface area (Å²) in [5.74, 6) is 0. The van der Waals surface area contributed by atoms with E-state index in [4.69, 9.17) is 0 Å². The van der Waals surface area contributed by atoms with Gasteiger partial charge in [-0.3, -0.25) is 0 Å². The van der Waals surface area contributed by atoms with Crippen LogP contribution in [0.4, 0.5) is 0 Å². The van der Waals surface area contributed by atoms with Crippen molar-refractivity contribution in [1.29, 1.82) is 0 Å². The Morgan fingerprint density at radius 1 is 1.15 bits per heavy atom. The molecule has 20 heavy (non-hydrogen) atoms. The molecule has 0 saturated carbocycles. The maximum absolute atomic E-state index is 9.60. The van der Waals surface area contributed by atoms with Gasteiger partial charge >= 0.3 is 0 Å². The number of aliphatic hydroxyl groups is 1. The van der Waals surface area contributed by atoms with Gasteiger partial charge < -0.3 is 14.6 Å². The van der Waals surface area contributed by atoms with Crippen molar-refractivity contribution in [1.82, 2.24) is 9.47 Å². The summed E-state index contributed by atoms with van der Waals surface area (Å²) in [7, 11) is 4.09. The molecule has 3 nitrogen and oxygen atoms in total. The molecule has 0 aliphatic rings. The van der Waals surface area contributed by atoms with Crippen molar-refractivity contribution in [3.63, 3.8) is 0 Å². The van der Waals surface area contributed by atoms with Crippen LogP contribution in [0.3, 0.4) is 0 Å². The third-order valence-electron chi connectivity index (χ3n) is 3.45. The molecule has 0 unspecified atom stereocenters. The monoisotopic (exact) mass is 276 g/mol. The van der Waals surface area contributed by atoms with E-state index in [1.807, 2.05) is 32.5 Å². The van der Waals surface area contributed by atoms with E-state index >= 15 is 0 Å². The highest BCUT2D eigenvalue weighted by atomic mass is 16.3. The van der Waals surface area contributed by atoms with Crippen molar-refractivity contribution in [2.24, 2.45) is 0 Å². The zero-order chi connectivity index (χ0) is 15.3. The van der Waals surface area contributed by atoms with Gasteiger partial charge in [0.15, 0.2) is 0 Å². The van der Waals surface area contributed by atoms with Crippen LogP contribution in [0.25, 0.3) is 10.9 Å². The molecule has 2 rings (SSSR count). The molecule has 1 N–H and O–H groups in total. The first kappa shape index (κ1) is 16.7. The average Bonchev–Trinajstić information content (AvgIpc) is 2.75. The normalized spacial score (nSPS) is 10.8. The molecular weight excluding hydrogens is 248 g/mol. The summed E-state index contributed by atoms with van der Waals surface area (Å²) in [5, 5.41) is 10.8. The lowest BCUT2D eigenvalue weighted by Gasteiger charge is -2.12. The molecule has 2 aromatic rings. The number of hydrogen-bond donors (Lipinski definition) is 1. The number of benzene rings is 1. The molecule has 0 radical (unpaired) electrons. The molecule has 0 spiro atoms. The molecule has 0 saturated heterocycles. The molecule has 1 heterocycles. The number of aliphatic hydroxyl groups excluding tert-OH is 1. The molecule has 0 amide bonds. The van der Waals surface area contributed by atoms with Gasteiger partial charge in [-0.1, -0.05) is 20.8 Å². The smallest absolute Gasteiger partial charge is 0.120 e. The molecule has 0 bridgehead atoms. The van der Waals surface area contributed by atoms with Crippen molar-refractivity contribution in [3.05, 3.63) is 35.0 Å². The van der Waals surface area contributed by atoms with E-state index < -0.39 is 0 Å². The van der Waals surface area contributed by atoms with Crippen LogP contribution in [-0.2, 0) is 19.7 Å². The predicted octanol–water partition coefficient (Wildman–Crippen LogP) is 3.55. The minimum Gasteiger partial charge on any atom is -0.376 e. The van der Waals surface area contributed by atoms with Gasteiger partial charge in [-0.05, 0) is 56.8 Å². The summed E-state index contributed by atoms with van der Waals surface area (Å²) in [6.07, 6.45) is 1.03. The number of fused-ring (bicyclic) bond motifs is 1. The highest BCUT2D eigenvalue weighted by Gasteiger charge is 2.10. The largest absolute Gasteiger partial charge is 0.376 e. The number of hydrogen-bond acceptors (Lipinski definition) is 2. The maximum Gasteiger partial charge on any atom is 0.120 e. The summed E-state index contributed by atoms with van der Waals surface area (Å²) >= 11 is 0. The Morgan fingerprint density at radius 3 is 2.30 bits per heavy atom. The van der Waals surface area contributed by atoms with Crippen LogP contribution in [-0.4, -0.2) is 28.7 Å². The minimum atomic E-state index is 0.0406. The molecular formula is C17H28N2O. The lowest BCUT2D eigenvalue weighted by Crippen LogP contribution is -2.14. The second-order valence-corrected chi connectivity index (χ2v) is 5.13. The van der Waals surface area contributed by atoms with Gasteiger partial charge in [0.05, 0.1) is 5.52 Å². The third kappa shape index (κ3) is 3.41. The van der Waals surface area contributed by atoms with Crippen molar-refractivity contribution in [2.45, 2.75) is 47.4 Å². The van der Waals surface area contributed by atoms with E-state index in [9.17, 15) is 5.11 Å². The number of nitrogens with zero attached hydrogens (tertiary/aromatic N) is 2. The van der Waals surface area contributed by atoms with E-state index in [1.165, 1.54) is 16.5 Å². The zero-order valence-corrected chi connectivity index (χ0v) is 13.7. The lowest BCUT2D eigenvalue weighted by atomic mass is 10.0.